The molecule has 2 aromatic heterocycles. The van der Waals surface area contributed by atoms with Gasteiger partial charge in [-0.2, -0.15) is 4.31 Å². The van der Waals surface area contributed by atoms with Crippen molar-refractivity contribution in [3.8, 4) is 11.4 Å². The monoisotopic (exact) mass is 728 g/mol. The van der Waals surface area contributed by atoms with E-state index in [9.17, 15) is 16.8 Å². The first kappa shape index (κ1) is 35.4. The second kappa shape index (κ2) is 12.9. The quantitative estimate of drug-likeness (QED) is 0.215. The minimum atomic E-state index is -3.80. The Labute approximate surface area is 302 Å². The van der Waals surface area contributed by atoms with Crippen LogP contribution in [-0.4, -0.2) is 78.3 Å². The molecule has 1 aliphatic carbocycles. The highest BCUT2D eigenvalue weighted by Crippen LogP contribution is 2.39. The summed E-state index contributed by atoms with van der Waals surface area (Å²) in [5.74, 6) is 1.76. The van der Waals surface area contributed by atoms with Gasteiger partial charge in [-0.15, -0.1) is 0 Å². The van der Waals surface area contributed by atoms with Crippen LogP contribution in [-0.2, 0) is 33.0 Å². The summed E-state index contributed by atoms with van der Waals surface area (Å²) in [5, 5.41) is 0.761. The van der Waals surface area contributed by atoms with Gasteiger partial charge in [-0.25, -0.2) is 30.8 Å². The minimum absolute atomic E-state index is 0.233. The molecule has 1 saturated heterocycles. The van der Waals surface area contributed by atoms with Crippen LogP contribution >= 0.6 is 0 Å². The van der Waals surface area contributed by atoms with Gasteiger partial charge in [0.25, 0.3) is 0 Å². The first-order chi connectivity index (χ1) is 24.1. The number of aromatic nitrogens is 3. The van der Waals surface area contributed by atoms with Crippen LogP contribution in [0.2, 0.25) is 0 Å². The van der Waals surface area contributed by atoms with Gasteiger partial charge in [-0.3, -0.25) is 0 Å². The van der Waals surface area contributed by atoms with Crippen molar-refractivity contribution < 1.29 is 16.8 Å². The smallest absolute Gasteiger partial charge is 0.248 e. The van der Waals surface area contributed by atoms with Crippen LogP contribution in [0.1, 0.15) is 69.3 Å². The van der Waals surface area contributed by atoms with Gasteiger partial charge in [0.1, 0.15) is 10.6 Å². The molecule has 0 amide bonds. The average Bonchev–Trinajstić information content (AvgIpc) is 3.52. The second-order valence-corrected chi connectivity index (χ2v) is 19.3. The fourth-order valence-corrected chi connectivity index (χ4v) is 10.9. The van der Waals surface area contributed by atoms with Gasteiger partial charge >= 0.3 is 0 Å². The van der Waals surface area contributed by atoms with Gasteiger partial charge in [0.15, 0.2) is 5.82 Å². The maximum Gasteiger partial charge on any atom is 0.248 e. The number of allylic oxidation sites excluding steroid dienone is 3. The molecule has 51 heavy (non-hydrogen) atoms. The highest BCUT2D eigenvalue weighted by atomic mass is 32.2. The summed E-state index contributed by atoms with van der Waals surface area (Å²) in [6.07, 6.45) is 9.61. The lowest BCUT2D eigenvalue weighted by atomic mass is 9.96. The molecule has 2 aliphatic heterocycles. The van der Waals surface area contributed by atoms with E-state index in [0.29, 0.717) is 56.3 Å². The van der Waals surface area contributed by atoms with Crippen LogP contribution in [0, 0.1) is 6.92 Å². The first-order valence-corrected chi connectivity index (χ1v) is 21.0. The molecule has 7 rings (SSSR count). The van der Waals surface area contributed by atoms with Gasteiger partial charge < -0.3 is 9.80 Å². The third-order valence-electron chi connectivity index (χ3n) is 10.8. The maximum atomic E-state index is 14.2. The van der Waals surface area contributed by atoms with Crippen molar-refractivity contribution in [2.75, 3.05) is 42.2 Å². The van der Waals surface area contributed by atoms with Crippen molar-refractivity contribution in [3.05, 3.63) is 94.8 Å². The van der Waals surface area contributed by atoms with Crippen LogP contribution in [0.3, 0.4) is 0 Å². The Morgan fingerprint density at radius 2 is 1.75 bits per heavy atom. The summed E-state index contributed by atoms with van der Waals surface area (Å²) < 4.78 is 55.4. The Morgan fingerprint density at radius 1 is 0.961 bits per heavy atom. The summed E-state index contributed by atoms with van der Waals surface area (Å²) >= 11 is 0. The molecular formula is C39H48N6O4S2. The zero-order chi connectivity index (χ0) is 36.5. The molecule has 2 atom stereocenters. The predicted molar refractivity (Wildman–Crippen MR) is 206 cm³/mol. The van der Waals surface area contributed by atoms with E-state index in [1.165, 1.54) is 27.0 Å². The van der Waals surface area contributed by atoms with Crippen LogP contribution in [0.5, 0.6) is 0 Å². The van der Waals surface area contributed by atoms with Crippen molar-refractivity contribution in [1.29, 1.82) is 0 Å². The maximum absolute atomic E-state index is 14.2. The third-order valence-corrected chi connectivity index (χ3v) is 14.5. The van der Waals surface area contributed by atoms with E-state index in [0.717, 1.165) is 40.1 Å². The topological polar surface area (TPSA) is 109 Å². The minimum Gasteiger partial charge on any atom is -0.366 e. The highest BCUT2D eigenvalue weighted by molar-refractivity contribution is 7.91. The Hall–Kier alpha value is -4.00. The zero-order valence-corrected chi connectivity index (χ0v) is 32.2. The molecule has 4 aromatic rings. The third kappa shape index (κ3) is 6.29. The molecular weight excluding hydrogens is 681 g/mol. The number of piperazine rings is 1. The van der Waals surface area contributed by atoms with Crippen molar-refractivity contribution in [1.82, 2.24) is 18.2 Å². The number of hydrogen-bond acceptors (Lipinski definition) is 8. The van der Waals surface area contributed by atoms with E-state index in [4.69, 9.17) is 9.97 Å². The standard InChI is InChI=1S/C39H48N6O4S2/c1-26(2)30-14-13-28(4)36(22-30)42-18-16-34-33(25-42)38(43-20-21-44(29(5)24-43)50(7,46)47)41-37(40-34)32-11-8-12-35-31(32)15-19-45(35)51(48,49)39(6)17-9-10-27(3)23-39/h8-15,17,19,22,26,29H,16,18,20-21,23-25H2,1-7H3/t29-,39?/m1/s1. The van der Waals surface area contributed by atoms with Gasteiger partial charge in [0.05, 0.1) is 17.5 Å². The molecule has 12 heteroatoms. The molecule has 2 aromatic carbocycles. The molecule has 1 fully saturated rings. The van der Waals surface area contributed by atoms with Gasteiger partial charge in [-0.1, -0.05) is 61.9 Å². The Kier molecular flexibility index (Phi) is 8.95. The Morgan fingerprint density at radius 3 is 2.45 bits per heavy atom. The van der Waals surface area contributed by atoms with E-state index in [-0.39, 0.29) is 6.04 Å². The van der Waals surface area contributed by atoms with Crippen molar-refractivity contribution >= 4 is 42.5 Å². The lowest BCUT2D eigenvalue weighted by Crippen LogP contribution is -2.54. The van der Waals surface area contributed by atoms with Crippen molar-refractivity contribution in [2.24, 2.45) is 0 Å². The lowest BCUT2D eigenvalue weighted by Gasteiger charge is -2.41. The molecule has 0 radical (unpaired) electrons. The molecule has 0 spiro atoms. The van der Waals surface area contributed by atoms with E-state index in [1.54, 1.807) is 23.5 Å². The second-order valence-electron chi connectivity index (χ2n) is 15.1. The molecule has 0 bridgehead atoms. The zero-order valence-electron chi connectivity index (χ0n) is 30.6. The van der Waals surface area contributed by atoms with E-state index in [1.807, 2.05) is 50.3 Å². The van der Waals surface area contributed by atoms with Crippen LogP contribution in [0.4, 0.5) is 11.5 Å². The predicted octanol–water partition coefficient (Wildman–Crippen LogP) is 6.41. The largest absolute Gasteiger partial charge is 0.366 e. The fourth-order valence-electron chi connectivity index (χ4n) is 7.97. The van der Waals surface area contributed by atoms with Crippen LogP contribution in [0.25, 0.3) is 22.3 Å². The molecule has 1 unspecified atom stereocenters. The number of benzene rings is 2. The number of fused-ring (bicyclic) bond motifs is 2. The summed E-state index contributed by atoms with van der Waals surface area (Å²) in [4.78, 5) is 15.1. The summed E-state index contributed by atoms with van der Waals surface area (Å²) in [7, 11) is -7.16. The summed E-state index contributed by atoms with van der Waals surface area (Å²) in [5.41, 5.74) is 8.09. The normalized spacial score (nSPS) is 21.7. The number of rotatable bonds is 7. The lowest BCUT2D eigenvalue weighted by molar-refractivity contribution is 0.307. The fraction of sp³-hybridized carbons (Fsp3) is 0.436. The molecule has 10 nitrogen and oxygen atoms in total. The van der Waals surface area contributed by atoms with E-state index in [2.05, 4.69) is 48.8 Å². The molecule has 0 N–H and O–H groups in total. The Bertz CT molecular complexity index is 2310. The first-order valence-electron chi connectivity index (χ1n) is 17.7. The van der Waals surface area contributed by atoms with Crippen molar-refractivity contribution in [2.45, 2.75) is 77.6 Å². The van der Waals surface area contributed by atoms with Gasteiger partial charge in [-0.05, 0) is 69.4 Å². The Balaban J connectivity index is 1.33. The van der Waals surface area contributed by atoms with Crippen LogP contribution in [0.15, 0.2) is 72.5 Å². The van der Waals surface area contributed by atoms with Crippen molar-refractivity contribution in [3.63, 3.8) is 0 Å². The van der Waals surface area contributed by atoms with Crippen LogP contribution < -0.4 is 9.80 Å². The average molecular weight is 729 g/mol. The molecule has 0 saturated carbocycles. The summed E-state index contributed by atoms with van der Waals surface area (Å²) in [6.45, 7) is 15.0. The van der Waals surface area contributed by atoms with Gasteiger partial charge in [0, 0.05) is 73.6 Å². The summed E-state index contributed by atoms with van der Waals surface area (Å²) in [6, 6.07) is 14.0. The highest BCUT2D eigenvalue weighted by Gasteiger charge is 2.40. The molecule has 270 valence electrons. The number of sulfonamides is 1. The number of nitrogens with zero attached hydrogens (tertiary/aromatic N) is 6. The number of anilines is 2. The molecule has 3 aliphatic rings. The SMILES string of the molecule is CC1=CC=CC(C)(S(=O)(=O)n2ccc3c(-c4nc5c(c(N6CCN(S(C)(=O)=O)[C@H](C)C6)n4)CN(c4cc(C(C)C)ccc4C)CC5)cccc32)C1. The van der Waals surface area contributed by atoms with E-state index < -0.39 is 24.8 Å². The van der Waals surface area contributed by atoms with E-state index >= 15 is 0 Å². The van der Waals surface area contributed by atoms with Gasteiger partial charge in [0.2, 0.25) is 20.0 Å². The molecule has 4 heterocycles. The number of aryl methyl sites for hydroxylation is 1. The number of hydrogen-bond donors (Lipinski definition) is 0.